The molecule has 0 aromatic heterocycles. The van der Waals surface area contributed by atoms with E-state index in [1.807, 2.05) is 0 Å². The summed E-state index contributed by atoms with van der Waals surface area (Å²) in [7, 11) is 0. The maximum atomic E-state index is 12.7. The van der Waals surface area contributed by atoms with E-state index in [4.69, 9.17) is 14.2 Å². The lowest BCUT2D eigenvalue weighted by Crippen LogP contribution is -2.30. The van der Waals surface area contributed by atoms with Gasteiger partial charge < -0.3 is 14.2 Å². The van der Waals surface area contributed by atoms with Crippen LogP contribution in [-0.4, -0.2) is 37.2 Å². The molecule has 0 aliphatic heterocycles. The van der Waals surface area contributed by atoms with E-state index in [-0.39, 0.29) is 31.1 Å². The molecule has 61 heavy (non-hydrogen) atoms. The third-order valence-corrected chi connectivity index (χ3v) is 12.8. The number of rotatable bonds is 48. The second-order valence-electron chi connectivity index (χ2n) is 20.1. The summed E-state index contributed by atoms with van der Waals surface area (Å²) < 4.78 is 16.8. The Balaban J connectivity index is 4.16. The van der Waals surface area contributed by atoms with Crippen molar-refractivity contribution in [1.82, 2.24) is 0 Å². The minimum Gasteiger partial charge on any atom is -0.462 e. The molecule has 0 aromatic rings. The molecule has 0 radical (unpaired) electrons. The van der Waals surface area contributed by atoms with Gasteiger partial charge in [0.25, 0.3) is 0 Å². The van der Waals surface area contributed by atoms with Gasteiger partial charge in [-0.25, -0.2) is 0 Å². The van der Waals surface area contributed by atoms with Crippen molar-refractivity contribution in [2.24, 2.45) is 17.8 Å². The normalized spacial score (nSPS) is 12.6. The quantitative estimate of drug-likeness (QED) is 0.0344. The first-order chi connectivity index (χ1) is 29.6. The molecule has 2 atom stereocenters. The van der Waals surface area contributed by atoms with Gasteiger partial charge in [-0.3, -0.25) is 14.4 Å². The van der Waals surface area contributed by atoms with Crippen molar-refractivity contribution in [2.75, 3.05) is 13.2 Å². The molecule has 0 saturated carbocycles. The highest BCUT2D eigenvalue weighted by molar-refractivity contribution is 5.71. The number of unbranched alkanes of at least 4 members (excludes halogenated alkanes) is 30. The Bertz CT molecular complexity index is 947. The van der Waals surface area contributed by atoms with Crippen molar-refractivity contribution < 1.29 is 28.6 Å². The molecule has 6 nitrogen and oxygen atoms in total. The van der Waals surface area contributed by atoms with Crippen LogP contribution in [0.5, 0.6) is 0 Å². The van der Waals surface area contributed by atoms with Gasteiger partial charge in [0.1, 0.15) is 13.2 Å². The van der Waals surface area contributed by atoms with Crippen LogP contribution in [0.3, 0.4) is 0 Å². The molecule has 0 aromatic carbocycles. The Morgan fingerprint density at radius 2 is 0.574 bits per heavy atom. The predicted molar refractivity (Wildman–Crippen MR) is 261 cm³/mol. The summed E-state index contributed by atoms with van der Waals surface area (Å²) in [6.07, 6.45) is 46.8. The van der Waals surface area contributed by atoms with Gasteiger partial charge in [-0.05, 0) is 37.0 Å². The SMILES string of the molecule is CCC(C)CCCCCCCCCCCCCCCCCCCCC(=O)OC[C@H](COC(=O)CCCCCCCCCCC(C)C)OC(=O)CCCCCCCCCC(C)C. The highest BCUT2D eigenvalue weighted by Crippen LogP contribution is 2.18. The molecule has 0 aliphatic carbocycles. The van der Waals surface area contributed by atoms with Crippen molar-refractivity contribution in [3.05, 3.63) is 0 Å². The number of esters is 3. The van der Waals surface area contributed by atoms with Crippen molar-refractivity contribution in [2.45, 2.75) is 304 Å². The Kier molecular flexibility index (Phi) is 45.2. The smallest absolute Gasteiger partial charge is 0.306 e. The van der Waals surface area contributed by atoms with E-state index >= 15 is 0 Å². The van der Waals surface area contributed by atoms with E-state index in [2.05, 4.69) is 41.5 Å². The average Bonchev–Trinajstić information content (AvgIpc) is 3.23. The molecule has 0 N–H and O–H groups in total. The first-order valence-corrected chi connectivity index (χ1v) is 27.1. The van der Waals surface area contributed by atoms with Crippen LogP contribution in [0.1, 0.15) is 298 Å². The van der Waals surface area contributed by atoms with Crippen molar-refractivity contribution >= 4 is 17.9 Å². The number of carbonyl (C=O) groups excluding carboxylic acids is 3. The zero-order valence-electron chi connectivity index (χ0n) is 42.0. The molecule has 1 unspecified atom stereocenters. The Morgan fingerprint density at radius 3 is 0.852 bits per heavy atom. The van der Waals surface area contributed by atoms with Gasteiger partial charge in [0.05, 0.1) is 0 Å². The molecule has 6 heteroatoms. The molecule has 0 amide bonds. The zero-order chi connectivity index (χ0) is 44.9. The molecule has 0 heterocycles. The van der Waals surface area contributed by atoms with Gasteiger partial charge in [-0.15, -0.1) is 0 Å². The monoisotopic (exact) mass is 863 g/mol. The van der Waals surface area contributed by atoms with Gasteiger partial charge in [0, 0.05) is 19.3 Å². The van der Waals surface area contributed by atoms with Crippen molar-refractivity contribution in [3.63, 3.8) is 0 Å². The van der Waals surface area contributed by atoms with Crippen LogP contribution in [0.4, 0.5) is 0 Å². The zero-order valence-corrected chi connectivity index (χ0v) is 42.0. The summed E-state index contributed by atoms with van der Waals surface area (Å²) in [5.41, 5.74) is 0. The standard InChI is InChI=1S/C55H106O6/c1-7-51(6)43-37-31-25-18-16-14-12-10-8-9-11-13-15-17-19-26-32-38-44-53(56)59-47-52(61-55(58)46-40-34-28-22-24-30-36-42-50(4)5)48-60-54(57)45-39-33-27-21-20-23-29-35-41-49(2)3/h49-52H,7-48H2,1-6H3/t51?,52-/m1/s1. The van der Waals surface area contributed by atoms with E-state index in [1.165, 1.54) is 180 Å². The minimum absolute atomic E-state index is 0.0653. The predicted octanol–water partition coefficient (Wildman–Crippen LogP) is 17.6. The summed E-state index contributed by atoms with van der Waals surface area (Å²) in [6, 6.07) is 0. The number of carbonyl (C=O) groups is 3. The topological polar surface area (TPSA) is 78.9 Å². The van der Waals surface area contributed by atoms with Crippen LogP contribution in [0.2, 0.25) is 0 Å². The largest absolute Gasteiger partial charge is 0.462 e. The fraction of sp³-hybridized carbons (Fsp3) is 0.945. The molecular formula is C55H106O6. The molecule has 0 aliphatic rings. The fourth-order valence-electron chi connectivity index (χ4n) is 8.26. The van der Waals surface area contributed by atoms with E-state index in [9.17, 15) is 14.4 Å². The third-order valence-electron chi connectivity index (χ3n) is 12.8. The highest BCUT2D eigenvalue weighted by Gasteiger charge is 2.19. The molecule has 0 rings (SSSR count). The second-order valence-corrected chi connectivity index (χ2v) is 20.1. The van der Waals surface area contributed by atoms with Crippen LogP contribution in [0, 0.1) is 17.8 Å². The van der Waals surface area contributed by atoms with Crippen molar-refractivity contribution in [3.8, 4) is 0 Å². The van der Waals surface area contributed by atoms with Gasteiger partial charge in [-0.2, -0.15) is 0 Å². The van der Waals surface area contributed by atoms with E-state index < -0.39 is 6.10 Å². The first-order valence-electron chi connectivity index (χ1n) is 27.1. The van der Waals surface area contributed by atoms with Crippen LogP contribution < -0.4 is 0 Å². The molecule has 0 fully saturated rings. The Hall–Kier alpha value is -1.59. The summed E-state index contributed by atoms with van der Waals surface area (Å²) in [4.78, 5) is 37.9. The number of ether oxygens (including phenoxy) is 3. The van der Waals surface area contributed by atoms with Crippen LogP contribution in [0.15, 0.2) is 0 Å². The lowest BCUT2D eigenvalue weighted by Gasteiger charge is -2.18. The highest BCUT2D eigenvalue weighted by atomic mass is 16.6. The maximum absolute atomic E-state index is 12.7. The Labute approximate surface area is 380 Å². The van der Waals surface area contributed by atoms with Crippen molar-refractivity contribution in [1.29, 1.82) is 0 Å². The lowest BCUT2D eigenvalue weighted by atomic mass is 9.99. The van der Waals surface area contributed by atoms with Crippen LogP contribution >= 0.6 is 0 Å². The van der Waals surface area contributed by atoms with Gasteiger partial charge in [0.2, 0.25) is 0 Å². The van der Waals surface area contributed by atoms with E-state index in [1.54, 1.807) is 0 Å². The van der Waals surface area contributed by atoms with Gasteiger partial charge in [0.15, 0.2) is 6.10 Å². The molecule has 0 bridgehead atoms. The van der Waals surface area contributed by atoms with Crippen LogP contribution in [0.25, 0.3) is 0 Å². The lowest BCUT2D eigenvalue weighted by molar-refractivity contribution is -0.167. The van der Waals surface area contributed by atoms with Crippen LogP contribution in [-0.2, 0) is 28.6 Å². The molecular weight excluding hydrogens is 757 g/mol. The van der Waals surface area contributed by atoms with E-state index in [0.29, 0.717) is 19.3 Å². The number of hydrogen-bond donors (Lipinski definition) is 0. The summed E-state index contributed by atoms with van der Waals surface area (Å²) >= 11 is 0. The molecule has 0 spiro atoms. The number of hydrogen-bond acceptors (Lipinski definition) is 6. The van der Waals surface area contributed by atoms with E-state index in [0.717, 1.165) is 75.5 Å². The molecule has 0 saturated heterocycles. The summed E-state index contributed by atoms with van der Waals surface area (Å²) in [5, 5.41) is 0. The summed E-state index contributed by atoms with van der Waals surface area (Å²) in [5.74, 6) is 1.63. The second kappa shape index (κ2) is 46.4. The van der Waals surface area contributed by atoms with Gasteiger partial charge >= 0.3 is 17.9 Å². The maximum Gasteiger partial charge on any atom is 0.306 e. The first kappa shape index (κ1) is 59.4. The summed E-state index contributed by atoms with van der Waals surface area (Å²) in [6.45, 7) is 13.7. The Morgan fingerprint density at radius 1 is 0.328 bits per heavy atom. The average molecular weight is 863 g/mol. The minimum atomic E-state index is -0.763. The fourth-order valence-corrected chi connectivity index (χ4v) is 8.26. The van der Waals surface area contributed by atoms with Gasteiger partial charge in [-0.1, -0.05) is 260 Å². The third kappa shape index (κ3) is 47.7. The molecule has 362 valence electrons.